The fourth-order valence-corrected chi connectivity index (χ4v) is 3.24. The topological polar surface area (TPSA) is 121 Å². The van der Waals surface area contributed by atoms with Gasteiger partial charge in [-0.2, -0.15) is 0 Å². The molecule has 31 heavy (non-hydrogen) atoms. The van der Waals surface area contributed by atoms with Crippen molar-refractivity contribution in [3.05, 3.63) is 93.2 Å². The second kappa shape index (κ2) is 9.57. The SMILES string of the molecule is Cc1nc(N(Cc2ccccc2)Cc2ccccc2)c([N+](=O)[O-])c(NNC(=O)O)c1C. The molecule has 1 amide bonds. The van der Waals surface area contributed by atoms with Gasteiger partial charge in [0.25, 0.3) is 0 Å². The van der Waals surface area contributed by atoms with Gasteiger partial charge in [0, 0.05) is 24.3 Å². The number of nitrogens with one attached hydrogen (secondary N) is 2. The molecule has 160 valence electrons. The van der Waals surface area contributed by atoms with Crippen molar-refractivity contribution in [2.75, 3.05) is 10.3 Å². The highest BCUT2D eigenvalue weighted by Gasteiger charge is 2.29. The van der Waals surface area contributed by atoms with E-state index in [0.717, 1.165) is 11.1 Å². The second-order valence-electron chi connectivity index (χ2n) is 7.01. The van der Waals surface area contributed by atoms with E-state index < -0.39 is 11.0 Å². The van der Waals surface area contributed by atoms with Gasteiger partial charge >= 0.3 is 11.8 Å². The molecule has 9 heteroatoms. The molecule has 0 fully saturated rings. The molecule has 0 bridgehead atoms. The molecule has 0 aliphatic rings. The zero-order valence-electron chi connectivity index (χ0n) is 17.2. The Morgan fingerprint density at radius 2 is 1.55 bits per heavy atom. The summed E-state index contributed by atoms with van der Waals surface area (Å²) in [6, 6.07) is 19.2. The van der Waals surface area contributed by atoms with Crippen LogP contribution < -0.4 is 15.8 Å². The number of carboxylic acid groups (broad SMARTS) is 1. The molecule has 0 atom stereocenters. The van der Waals surface area contributed by atoms with Crippen LogP contribution in [0.2, 0.25) is 0 Å². The van der Waals surface area contributed by atoms with E-state index in [-0.39, 0.29) is 17.2 Å². The van der Waals surface area contributed by atoms with Crippen molar-refractivity contribution in [2.45, 2.75) is 26.9 Å². The number of hydrogen-bond acceptors (Lipinski definition) is 6. The Morgan fingerprint density at radius 1 is 1.03 bits per heavy atom. The predicted octanol–water partition coefficient (Wildman–Crippen LogP) is 4.41. The van der Waals surface area contributed by atoms with Crippen LogP contribution in [0.1, 0.15) is 22.4 Å². The number of amides is 1. The van der Waals surface area contributed by atoms with Crippen LogP contribution in [0.15, 0.2) is 60.7 Å². The minimum Gasteiger partial charge on any atom is -0.464 e. The molecule has 1 heterocycles. The number of nitro groups is 1. The minimum atomic E-state index is -1.35. The van der Waals surface area contributed by atoms with Crippen molar-refractivity contribution in [1.82, 2.24) is 10.4 Å². The number of aromatic nitrogens is 1. The van der Waals surface area contributed by atoms with Crippen molar-refractivity contribution in [1.29, 1.82) is 0 Å². The summed E-state index contributed by atoms with van der Waals surface area (Å²) in [7, 11) is 0. The van der Waals surface area contributed by atoms with Crippen molar-refractivity contribution in [3.8, 4) is 0 Å². The summed E-state index contributed by atoms with van der Waals surface area (Å²) >= 11 is 0. The van der Waals surface area contributed by atoms with E-state index in [1.54, 1.807) is 13.8 Å². The summed E-state index contributed by atoms with van der Waals surface area (Å²) < 4.78 is 0. The van der Waals surface area contributed by atoms with E-state index in [1.807, 2.05) is 71.0 Å². The third-order valence-electron chi connectivity index (χ3n) is 4.85. The molecule has 0 saturated carbocycles. The average molecular weight is 421 g/mol. The largest absolute Gasteiger partial charge is 0.464 e. The average Bonchev–Trinajstić information content (AvgIpc) is 2.75. The minimum absolute atomic E-state index is 0.0704. The van der Waals surface area contributed by atoms with E-state index in [1.165, 1.54) is 0 Å². The molecule has 1 aromatic heterocycles. The van der Waals surface area contributed by atoms with Gasteiger partial charge in [0.2, 0.25) is 5.82 Å². The lowest BCUT2D eigenvalue weighted by Gasteiger charge is -2.26. The summed E-state index contributed by atoms with van der Waals surface area (Å²) in [5.41, 5.74) is 7.23. The molecule has 2 aromatic carbocycles. The molecule has 0 spiro atoms. The lowest BCUT2D eigenvalue weighted by Crippen LogP contribution is -2.30. The van der Waals surface area contributed by atoms with Gasteiger partial charge in [-0.15, -0.1) is 0 Å². The van der Waals surface area contributed by atoms with Gasteiger partial charge in [-0.05, 0) is 25.0 Å². The molecule has 9 nitrogen and oxygen atoms in total. The van der Waals surface area contributed by atoms with Gasteiger partial charge < -0.3 is 10.0 Å². The lowest BCUT2D eigenvalue weighted by molar-refractivity contribution is -0.383. The Labute approximate surface area is 179 Å². The standard InChI is InChI=1S/C22H23N5O4/c1-15-16(2)23-21(20(27(30)31)19(15)24-25-22(28)29)26(13-17-9-5-3-6-10-17)14-18-11-7-4-8-12-18/h3-12,25H,13-14H2,1-2H3,(H,23,24)(H,28,29). The smallest absolute Gasteiger partial charge is 0.423 e. The monoisotopic (exact) mass is 421 g/mol. The van der Waals surface area contributed by atoms with Gasteiger partial charge in [-0.25, -0.2) is 15.2 Å². The van der Waals surface area contributed by atoms with Crippen LogP contribution >= 0.6 is 0 Å². The molecule has 0 unspecified atom stereocenters. The number of hydrazine groups is 1. The Kier molecular flexibility index (Phi) is 6.66. The van der Waals surface area contributed by atoms with Crippen LogP contribution in [0, 0.1) is 24.0 Å². The fraction of sp³-hybridized carbons (Fsp3) is 0.182. The van der Waals surface area contributed by atoms with Gasteiger partial charge in [0.05, 0.1) is 4.92 Å². The van der Waals surface area contributed by atoms with Crippen LogP contribution in [0.25, 0.3) is 0 Å². The second-order valence-corrected chi connectivity index (χ2v) is 7.01. The third kappa shape index (κ3) is 5.27. The number of aryl methyl sites for hydroxylation is 1. The van der Waals surface area contributed by atoms with Crippen molar-refractivity contribution >= 4 is 23.3 Å². The first-order chi connectivity index (χ1) is 14.9. The first kappa shape index (κ1) is 21.6. The quantitative estimate of drug-likeness (QED) is 0.364. The van der Waals surface area contributed by atoms with E-state index in [0.29, 0.717) is 24.3 Å². The first-order valence-electron chi connectivity index (χ1n) is 9.60. The highest BCUT2D eigenvalue weighted by atomic mass is 16.6. The zero-order chi connectivity index (χ0) is 22.4. The summed E-state index contributed by atoms with van der Waals surface area (Å²) in [6.45, 7) is 4.16. The molecule has 0 saturated heterocycles. The lowest BCUT2D eigenvalue weighted by atomic mass is 10.1. The van der Waals surface area contributed by atoms with Gasteiger partial charge in [-0.3, -0.25) is 15.5 Å². The summed E-state index contributed by atoms with van der Waals surface area (Å²) in [5.74, 6) is 0.162. The highest BCUT2D eigenvalue weighted by molar-refractivity contribution is 5.79. The van der Waals surface area contributed by atoms with Crippen LogP contribution in [0.3, 0.4) is 0 Å². The predicted molar refractivity (Wildman–Crippen MR) is 118 cm³/mol. The number of benzene rings is 2. The van der Waals surface area contributed by atoms with Crippen molar-refractivity contribution in [2.24, 2.45) is 0 Å². The fourth-order valence-electron chi connectivity index (χ4n) is 3.24. The molecule has 3 aromatic rings. The van der Waals surface area contributed by atoms with Gasteiger partial charge in [-0.1, -0.05) is 60.7 Å². The number of pyridine rings is 1. The number of carbonyl (C=O) groups is 1. The third-order valence-corrected chi connectivity index (χ3v) is 4.85. The van der Waals surface area contributed by atoms with E-state index in [4.69, 9.17) is 5.11 Å². The van der Waals surface area contributed by atoms with Gasteiger partial charge in [0.15, 0.2) is 0 Å². The van der Waals surface area contributed by atoms with Crippen molar-refractivity contribution in [3.63, 3.8) is 0 Å². The first-order valence-corrected chi connectivity index (χ1v) is 9.60. The van der Waals surface area contributed by atoms with E-state index in [2.05, 4.69) is 10.4 Å². The Morgan fingerprint density at radius 3 is 2.00 bits per heavy atom. The summed E-state index contributed by atoms with van der Waals surface area (Å²) in [6.07, 6.45) is -1.35. The van der Waals surface area contributed by atoms with Crippen LogP contribution in [0.5, 0.6) is 0 Å². The molecule has 0 aliphatic heterocycles. The molecular weight excluding hydrogens is 398 g/mol. The molecule has 3 rings (SSSR count). The normalized spacial score (nSPS) is 10.4. The number of anilines is 2. The maximum atomic E-state index is 12.1. The van der Waals surface area contributed by atoms with Crippen molar-refractivity contribution < 1.29 is 14.8 Å². The number of nitrogens with zero attached hydrogens (tertiary/aromatic N) is 3. The molecule has 0 aliphatic carbocycles. The summed E-state index contributed by atoms with van der Waals surface area (Å²) in [4.78, 5) is 28.9. The van der Waals surface area contributed by atoms with Crippen LogP contribution in [0.4, 0.5) is 22.0 Å². The maximum absolute atomic E-state index is 12.1. The summed E-state index contributed by atoms with van der Waals surface area (Å²) in [5, 5.41) is 21.0. The number of rotatable bonds is 8. The van der Waals surface area contributed by atoms with E-state index in [9.17, 15) is 14.9 Å². The van der Waals surface area contributed by atoms with Crippen LogP contribution in [-0.2, 0) is 13.1 Å². The number of hydrogen-bond donors (Lipinski definition) is 3. The Bertz CT molecular complexity index is 1030. The highest BCUT2D eigenvalue weighted by Crippen LogP contribution is 2.38. The molecular formula is C22H23N5O4. The van der Waals surface area contributed by atoms with E-state index >= 15 is 0 Å². The van der Waals surface area contributed by atoms with Gasteiger partial charge in [0.1, 0.15) is 5.69 Å². The maximum Gasteiger partial charge on any atom is 0.423 e. The zero-order valence-corrected chi connectivity index (χ0v) is 17.2. The molecule has 0 radical (unpaired) electrons. The Hall–Kier alpha value is -4.14. The molecule has 3 N–H and O–H groups in total. The van der Waals surface area contributed by atoms with Crippen LogP contribution in [-0.4, -0.2) is 21.1 Å². The Balaban J connectivity index is 2.13.